The van der Waals surface area contributed by atoms with Crippen molar-refractivity contribution in [1.82, 2.24) is 0 Å². The largest absolute Gasteiger partial charge is 0.545 e. The molecule has 0 amide bonds. The second-order valence-electron chi connectivity index (χ2n) is 25.1. The summed E-state index contributed by atoms with van der Waals surface area (Å²) in [5.41, 5.74) is 0. The number of ether oxygens (including phenoxy) is 4. The topological polar surface area (TPSA) is 111 Å². The van der Waals surface area contributed by atoms with E-state index in [0.29, 0.717) is 17.4 Å². The summed E-state index contributed by atoms with van der Waals surface area (Å²) < 4.78 is 22.8. The minimum Gasteiger partial charge on any atom is -0.545 e. The first-order chi connectivity index (χ1) is 41.1. The summed E-state index contributed by atoms with van der Waals surface area (Å²) in [6.07, 6.45) is 84.4. The van der Waals surface area contributed by atoms with Gasteiger partial charge in [-0.3, -0.25) is 9.59 Å². The van der Waals surface area contributed by atoms with Crippen LogP contribution in [0.25, 0.3) is 0 Å². The van der Waals surface area contributed by atoms with Crippen molar-refractivity contribution >= 4 is 17.9 Å². The van der Waals surface area contributed by atoms with E-state index in [1.807, 2.05) is 21.1 Å². The molecule has 0 aliphatic carbocycles. The highest BCUT2D eigenvalue weighted by molar-refractivity contribution is 5.70. The van der Waals surface area contributed by atoms with Gasteiger partial charge in [-0.1, -0.05) is 305 Å². The molecule has 9 nitrogen and oxygen atoms in total. The molecule has 0 N–H and O–H groups in total. The van der Waals surface area contributed by atoms with E-state index in [1.54, 1.807) is 0 Å². The van der Waals surface area contributed by atoms with Crippen molar-refractivity contribution in [1.29, 1.82) is 0 Å². The van der Waals surface area contributed by atoms with Crippen LogP contribution in [0.2, 0.25) is 0 Å². The van der Waals surface area contributed by atoms with Crippen molar-refractivity contribution in [2.45, 2.75) is 341 Å². The van der Waals surface area contributed by atoms with E-state index in [0.717, 1.165) is 77.0 Å². The number of carbonyl (C=O) groups excluding carboxylic acids is 3. The predicted molar refractivity (Wildman–Crippen MR) is 357 cm³/mol. The lowest BCUT2D eigenvalue weighted by atomic mass is 10.0. The van der Waals surface area contributed by atoms with E-state index < -0.39 is 24.3 Å². The number of rotatable bonds is 66. The molecule has 0 spiro atoms. The number of allylic oxidation sites excluding steroid dienone is 12. The summed E-state index contributed by atoms with van der Waals surface area (Å²) in [5, 5.41) is 11.8. The van der Waals surface area contributed by atoms with Crippen LogP contribution in [0.15, 0.2) is 72.9 Å². The molecule has 0 fully saturated rings. The lowest BCUT2D eigenvalue weighted by Crippen LogP contribution is -2.44. The number of carboxylic acid groups (broad SMARTS) is 1. The molecule has 0 heterocycles. The zero-order chi connectivity index (χ0) is 61.2. The Morgan fingerprint density at radius 2 is 0.679 bits per heavy atom. The van der Waals surface area contributed by atoms with E-state index in [2.05, 4.69) is 86.8 Å². The molecule has 9 heteroatoms. The number of aliphatic carboxylic acids is 1. The molecule has 0 saturated heterocycles. The second-order valence-corrected chi connectivity index (χ2v) is 25.1. The Morgan fingerprint density at radius 3 is 1.01 bits per heavy atom. The summed E-state index contributed by atoms with van der Waals surface area (Å²) in [4.78, 5) is 37.4. The summed E-state index contributed by atoms with van der Waals surface area (Å²) in [7, 11) is 5.93. The van der Waals surface area contributed by atoms with Gasteiger partial charge in [-0.15, -0.1) is 0 Å². The lowest BCUT2D eigenvalue weighted by molar-refractivity contribution is -0.870. The number of carbonyl (C=O) groups is 3. The summed E-state index contributed by atoms with van der Waals surface area (Å²) in [6.45, 7) is 4.65. The minimum atomic E-state index is -1.62. The maximum atomic E-state index is 12.9. The van der Waals surface area contributed by atoms with Gasteiger partial charge in [-0.05, 0) is 83.5 Å². The van der Waals surface area contributed by atoms with Crippen molar-refractivity contribution < 1.29 is 42.9 Å². The van der Waals surface area contributed by atoms with Crippen LogP contribution >= 0.6 is 0 Å². The van der Waals surface area contributed by atoms with Crippen LogP contribution in [0.4, 0.5) is 0 Å². The molecule has 2 atom stereocenters. The Kier molecular flexibility index (Phi) is 63.1. The first kappa shape index (κ1) is 80.7. The third kappa shape index (κ3) is 66.3. The average Bonchev–Trinajstić information content (AvgIpc) is 3.52. The first-order valence-electron chi connectivity index (χ1n) is 35.6. The zero-order valence-corrected chi connectivity index (χ0v) is 55.8. The normalized spacial score (nSPS) is 13.1. The number of likely N-dealkylation sites (N-methyl/N-ethyl adjacent to an activating group) is 1. The summed E-state index contributed by atoms with van der Waals surface area (Å²) in [6, 6.07) is 0. The molecule has 2 unspecified atom stereocenters. The molecule has 0 bridgehead atoms. The first-order valence-corrected chi connectivity index (χ1v) is 35.6. The van der Waals surface area contributed by atoms with Crippen LogP contribution in [-0.2, 0) is 33.3 Å². The number of carboxylic acids is 1. The fourth-order valence-electron chi connectivity index (χ4n) is 10.3. The van der Waals surface area contributed by atoms with Gasteiger partial charge in [0.1, 0.15) is 13.2 Å². The molecule has 0 aliphatic rings. The fourth-order valence-corrected chi connectivity index (χ4v) is 10.3. The van der Waals surface area contributed by atoms with Crippen LogP contribution in [0.5, 0.6) is 0 Å². The predicted octanol–water partition coefficient (Wildman–Crippen LogP) is 20.7. The Bertz CT molecular complexity index is 1610. The van der Waals surface area contributed by atoms with Crippen LogP contribution in [-0.4, -0.2) is 82.3 Å². The minimum absolute atomic E-state index is 0.147. The van der Waals surface area contributed by atoms with Gasteiger partial charge in [0.15, 0.2) is 12.4 Å². The van der Waals surface area contributed by atoms with E-state index in [1.165, 1.54) is 218 Å². The van der Waals surface area contributed by atoms with Crippen molar-refractivity contribution in [3.05, 3.63) is 72.9 Å². The Hall–Kier alpha value is -3.27. The summed E-state index contributed by atoms with van der Waals surface area (Å²) in [5.74, 6) is -2.28. The molecule has 0 aliphatic heterocycles. The van der Waals surface area contributed by atoms with Crippen LogP contribution in [0.3, 0.4) is 0 Å². The average molecular weight is 1180 g/mol. The molecule has 0 aromatic heterocycles. The van der Waals surface area contributed by atoms with Gasteiger partial charge in [0, 0.05) is 12.8 Å². The highest BCUT2D eigenvalue weighted by Crippen LogP contribution is 2.18. The molecule has 84 heavy (non-hydrogen) atoms. The summed E-state index contributed by atoms with van der Waals surface area (Å²) >= 11 is 0. The Balaban J connectivity index is 3.94. The second kappa shape index (κ2) is 65.7. The number of hydrogen-bond donors (Lipinski definition) is 0. The number of nitrogens with zero attached hydrogens (tertiary/aromatic N) is 1. The molecule has 0 rings (SSSR count). The zero-order valence-electron chi connectivity index (χ0n) is 55.8. The molecule has 0 aromatic carbocycles. The van der Waals surface area contributed by atoms with Crippen molar-refractivity contribution in [3.63, 3.8) is 0 Å². The highest BCUT2D eigenvalue weighted by atomic mass is 16.7. The maximum absolute atomic E-state index is 12.9. The third-order valence-corrected chi connectivity index (χ3v) is 15.7. The smallest absolute Gasteiger partial charge is 0.306 e. The quantitative estimate of drug-likeness (QED) is 0.0195. The van der Waals surface area contributed by atoms with E-state index >= 15 is 0 Å². The standard InChI is InChI=1S/C75H135NO8/c1-6-8-10-12-14-16-18-20-22-24-26-27-28-29-30-31-32-33-34-35-36-37-38-39-40-41-42-43-44-45-46-47-48-50-52-54-56-58-60-62-64-66-73(78)84-71(70-83-75(74(79)80)81-68-67-76(3,4)5)69-82-72(77)65-63-61-59-57-55-53-51-49-25-23-21-19-17-15-13-11-9-7-2/h8,10,14,16-17,19-20,22-23,25-27,71,75H,6-7,9,11-13,15,18,21,24,28-70H2,1-5H3/b10-8-,16-14-,19-17-,22-20-,25-23-,27-26-. The van der Waals surface area contributed by atoms with Gasteiger partial charge >= 0.3 is 11.9 Å². The maximum Gasteiger partial charge on any atom is 0.306 e. The van der Waals surface area contributed by atoms with Crippen LogP contribution < -0.4 is 5.11 Å². The van der Waals surface area contributed by atoms with Crippen LogP contribution in [0, 0.1) is 0 Å². The van der Waals surface area contributed by atoms with Crippen molar-refractivity contribution in [2.75, 3.05) is 47.5 Å². The number of esters is 2. The molecular formula is C75H135NO8. The van der Waals surface area contributed by atoms with Gasteiger partial charge < -0.3 is 33.3 Å². The SMILES string of the molecule is CC/C=C\C/C=C\C/C=C\C/C=C\CCCCCCCCCCCCCCCCCCCCCCCCCCCCCCC(=O)OC(COC(=O)CCCCCCCCC/C=C\C/C=C\CCCCCC)COC(OCC[N+](C)(C)C)C(=O)[O-]. The number of unbranched alkanes of at least 4 members (excludes halogenated alkanes) is 39. The fraction of sp³-hybridized carbons (Fsp3) is 0.800. The van der Waals surface area contributed by atoms with E-state index in [4.69, 9.17) is 18.9 Å². The van der Waals surface area contributed by atoms with Gasteiger partial charge in [0.2, 0.25) is 0 Å². The lowest BCUT2D eigenvalue weighted by Gasteiger charge is -2.26. The van der Waals surface area contributed by atoms with Crippen LogP contribution in [0.1, 0.15) is 328 Å². The number of quaternary nitrogens is 1. The van der Waals surface area contributed by atoms with Gasteiger partial charge in [0.05, 0.1) is 40.3 Å². The molecule has 0 saturated carbocycles. The van der Waals surface area contributed by atoms with Gasteiger partial charge in [-0.2, -0.15) is 0 Å². The Labute approximate surface area is 519 Å². The monoisotopic (exact) mass is 1180 g/mol. The molecular weight excluding hydrogens is 1040 g/mol. The van der Waals surface area contributed by atoms with Crippen molar-refractivity contribution in [3.8, 4) is 0 Å². The van der Waals surface area contributed by atoms with E-state index in [-0.39, 0.29) is 38.6 Å². The highest BCUT2D eigenvalue weighted by Gasteiger charge is 2.22. The molecule has 488 valence electrons. The van der Waals surface area contributed by atoms with Gasteiger partial charge in [-0.25, -0.2) is 0 Å². The molecule has 0 aromatic rings. The van der Waals surface area contributed by atoms with E-state index in [9.17, 15) is 19.5 Å². The third-order valence-electron chi connectivity index (χ3n) is 15.7. The number of hydrogen-bond acceptors (Lipinski definition) is 8. The Morgan fingerprint density at radius 1 is 0.369 bits per heavy atom. The van der Waals surface area contributed by atoms with Crippen molar-refractivity contribution in [2.24, 2.45) is 0 Å². The van der Waals surface area contributed by atoms with Gasteiger partial charge in [0.25, 0.3) is 0 Å². The molecule has 0 radical (unpaired) electrons.